The van der Waals surface area contributed by atoms with Gasteiger partial charge in [0, 0.05) is 18.3 Å². The van der Waals surface area contributed by atoms with Gasteiger partial charge in [-0.15, -0.1) is 0 Å². The van der Waals surface area contributed by atoms with Crippen LogP contribution in [0.4, 0.5) is 11.7 Å². The molecule has 1 N–H and O–H groups in total. The Morgan fingerprint density at radius 3 is 2.92 bits per heavy atom. The lowest BCUT2D eigenvalue weighted by Crippen LogP contribution is -2.09. The second-order valence-corrected chi connectivity index (χ2v) is 5.64. The number of rotatable bonds is 6. The van der Waals surface area contributed by atoms with Gasteiger partial charge in [0.25, 0.3) is 0 Å². The third kappa shape index (κ3) is 4.44. The Labute approximate surface area is 148 Å². The van der Waals surface area contributed by atoms with Gasteiger partial charge in [-0.25, -0.2) is 0 Å². The molecule has 1 aromatic carbocycles. The summed E-state index contributed by atoms with van der Waals surface area (Å²) in [4.78, 5) is 21.8. The van der Waals surface area contributed by atoms with E-state index in [1.165, 1.54) is 29.8 Å². The molecule has 1 amide bonds. The van der Waals surface area contributed by atoms with E-state index in [1.54, 1.807) is 16.9 Å². The first-order valence-corrected chi connectivity index (χ1v) is 7.82. The van der Waals surface area contributed by atoms with E-state index in [2.05, 4.69) is 16.5 Å². The molecule has 2 heterocycles. The Morgan fingerprint density at radius 2 is 2.19 bits per heavy atom. The number of nitro groups is 1. The minimum atomic E-state index is -0.641. The second-order valence-electron chi connectivity index (χ2n) is 5.64. The van der Waals surface area contributed by atoms with Crippen LogP contribution in [0.5, 0.6) is 0 Å². The van der Waals surface area contributed by atoms with Crippen molar-refractivity contribution in [1.82, 2.24) is 9.78 Å². The summed E-state index contributed by atoms with van der Waals surface area (Å²) >= 11 is 0. The predicted molar refractivity (Wildman–Crippen MR) is 95.5 cm³/mol. The number of carbonyl (C=O) groups excluding carboxylic acids is 1. The van der Waals surface area contributed by atoms with Crippen molar-refractivity contribution < 1.29 is 14.1 Å². The van der Waals surface area contributed by atoms with Crippen molar-refractivity contribution in [2.75, 3.05) is 5.32 Å². The lowest BCUT2D eigenvalue weighted by Gasteiger charge is -2.03. The minimum Gasteiger partial charge on any atom is -0.401 e. The van der Waals surface area contributed by atoms with Crippen LogP contribution in [0.1, 0.15) is 16.9 Å². The van der Waals surface area contributed by atoms with Gasteiger partial charge < -0.3 is 9.73 Å². The van der Waals surface area contributed by atoms with Crippen molar-refractivity contribution in [3.8, 4) is 0 Å². The fraction of sp³-hybridized carbons (Fsp3) is 0.111. The number of hydrogen-bond acceptors (Lipinski definition) is 5. The van der Waals surface area contributed by atoms with Crippen molar-refractivity contribution in [3.63, 3.8) is 0 Å². The van der Waals surface area contributed by atoms with Crippen LogP contribution in [0.25, 0.3) is 6.08 Å². The maximum Gasteiger partial charge on any atom is 0.433 e. The zero-order chi connectivity index (χ0) is 18.5. The number of amides is 1. The Balaban J connectivity index is 1.58. The van der Waals surface area contributed by atoms with Gasteiger partial charge in [-0.1, -0.05) is 29.8 Å². The summed E-state index contributed by atoms with van der Waals surface area (Å²) in [6.07, 6.45) is 4.35. The Kier molecular flexibility index (Phi) is 4.93. The maximum atomic E-state index is 11.9. The van der Waals surface area contributed by atoms with Crippen molar-refractivity contribution >= 4 is 23.7 Å². The molecule has 0 aliphatic rings. The molecule has 0 bridgehead atoms. The summed E-state index contributed by atoms with van der Waals surface area (Å²) in [7, 11) is 0. The quantitative estimate of drug-likeness (QED) is 0.416. The first kappa shape index (κ1) is 17.2. The molecule has 3 rings (SSSR count). The summed E-state index contributed by atoms with van der Waals surface area (Å²) < 4.78 is 6.67. The number of benzene rings is 1. The number of aryl methyl sites for hydroxylation is 1. The predicted octanol–water partition coefficient (Wildman–Crippen LogP) is 3.39. The third-order valence-electron chi connectivity index (χ3n) is 3.51. The van der Waals surface area contributed by atoms with Gasteiger partial charge in [-0.05, 0) is 24.6 Å². The van der Waals surface area contributed by atoms with E-state index >= 15 is 0 Å². The van der Waals surface area contributed by atoms with Gasteiger partial charge in [-0.2, -0.15) is 5.10 Å². The fourth-order valence-corrected chi connectivity index (χ4v) is 2.37. The molecule has 0 unspecified atom stereocenters. The van der Waals surface area contributed by atoms with Crippen molar-refractivity contribution in [3.05, 3.63) is 81.7 Å². The summed E-state index contributed by atoms with van der Waals surface area (Å²) in [5.74, 6) is -0.153. The molecule has 0 saturated heterocycles. The Hall–Kier alpha value is -3.68. The molecule has 8 nitrogen and oxygen atoms in total. The van der Waals surface area contributed by atoms with Crippen LogP contribution in [0.2, 0.25) is 0 Å². The molecule has 0 atom stereocenters. The maximum absolute atomic E-state index is 11.9. The monoisotopic (exact) mass is 352 g/mol. The molecule has 8 heteroatoms. The van der Waals surface area contributed by atoms with Crippen molar-refractivity contribution in [2.45, 2.75) is 13.5 Å². The van der Waals surface area contributed by atoms with E-state index in [4.69, 9.17) is 4.42 Å². The molecule has 0 aliphatic heterocycles. The van der Waals surface area contributed by atoms with Gasteiger partial charge in [0.05, 0.1) is 12.6 Å². The zero-order valence-electron chi connectivity index (χ0n) is 14.0. The fourth-order valence-electron chi connectivity index (χ4n) is 2.37. The standard InChI is InChI=1S/C18H16N4O4/c1-13-3-2-4-14(11-13)12-21-10-9-16(20-21)19-17(23)7-5-15-6-8-18(26-15)22(24)25/h2-11H,12H2,1H3,(H,19,20,23)/b7-5+. The molecular formula is C18H16N4O4. The number of furan rings is 1. The first-order chi connectivity index (χ1) is 12.5. The third-order valence-corrected chi connectivity index (χ3v) is 3.51. The van der Waals surface area contributed by atoms with Crippen LogP contribution in [0.3, 0.4) is 0 Å². The van der Waals surface area contributed by atoms with E-state index in [1.807, 2.05) is 25.1 Å². The second kappa shape index (κ2) is 7.47. The summed E-state index contributed by atoms with van der Waals surface area (Å²) in [5, 5.41) is 17.5. The van der Waals surface area contributed by atoms with Crippen LogP contribution >= 0.6 is 0 Å². The lowest BCUT2D eigenvalue weighted by atomic mass is 10.1. The van der Waals surface area contributed by atoms with Crippen molar-refractivity contribution in [2.24, 2.45) is 0 Å². The molecule has 2 aromatic heterocycles. The first-order valence-electron chi connectivity index (χ1n) is 7.82. The summed E-state index contributed by atoms with van der Waals surface area (Å²) in [6.45, 7) is 2.63. The molecule has 0 fully saturated rings. The topological polar surface area (TPSA) is 103 Å². The van der Waals surface area contributed by atoms with Crippen LogP contribution in [-0.4, -0.2) is 20.6 Å². The van der Waals surface area contributed by atoms with Gasteiger partial charge in [0.1, 0.15) is 10.7 Å². The smallest absolute Gasteiger partial charge is 0.401 e. The summed E-state index contributed by atoms with van der Waals surface area (Å²) in [6, 6.07) is 12.4. The molecule has 132 valence electrons. The van der Waals surface area contributed by atoms with E-state index in [-0.39, 0.29) is 11.6 Å². The average molecular weight is 352 g/mol. The molecular weight excluding hydrogens is 336 g/mol. The van der Waals surface area contributed by atoms with Crippen molar-refractivity contribution in [1.29, 1.82) is 0 Å². The van der Waals surface area contributed by atoms with Crippen LogP contribution in [-0.2, 0) is 11.3 Å². The Morgan fingerprint density at radius 1 is 1.35 bits per heavy atom. The summed E-state index contributed by atoms with van der Waals surface area (Å²) in [5.41, 5.74) is 2.29. The number of hydrogen-bond donors (Lipinski definition) is 1. The van der Waals surface area contributed by atoms with Crippen LogP contribution < -0.4 is 5.32 Å². The highest BCUT2D eigenvalue weighted by atomic mass is 16.6. The van der Waals surface area contributed by atoms with Crippen LogP contribution in [0.15, 0.2) is 59.2 Å². The normalized spacial score (nSPS) is 11.0. The van der Waals surface area contributed by atoms with E-state index in [0.29, 0.717) is 12.4 Å². The highest BCUT2D eigenvalue weighted by molar-refractivity contribution is 6.01. The number of anilines is 1. The number of nitrogens with zero attached hydrogens (tertiary/aromatic N) is 3. The van der Waals surface area contributed by atoms with Gasteiger partial charge in [0.2, 0.25) is 5.91 Å². The van der Waals surface area contributed by atoms with Gasteiger partial charge >= 0.3 is 5.88 Å². The van der Waals surface area contributed by atoms with Gasteiger partial charge in [-0.3, -0.25) is 19.6 Å². The van der Waals surface area contributed by atoms with E-state index < -0.39 is 10.8 Å². The molecule has 3 aromatic rings. The minimum absolute atomic E-state index is 0.219. The van der Waals surface area contributed by atoms with Gasteiger partial charge in [0.15, 0.2) is 5.82 Å². The van der Waals surface area contributed by atoms with Crippen LogP contribution in [0, 0.1) is 17.0 Å². The molecule has 0 saturated carbocycles. The number of nitrogens with one attached hydrogen (secondary N) is 1. The SMILES string of the molecule is Cc1cccc(Cn2ccc(NC(=O)/C=C/c3ccc([N+](=O)[O-])o3)n2)c1. The lowest BCUT2D eigenvalue weighted by molar-refractivity contribution is -0.402. The number of aromatic nitrogens is 2. The zero-order valence-corrected chi connectivity index (χ0v) is 14.0. The highest BCUT2D eigenvalue weighted by Gasteiger charge is 2.10. The van der Waals surface area contributed by atoms with E-state index in [9.17, 15) is 14.9 Å². The molecule has 26 heavy (non-hydrogen) atoms. The largest absolute Gasteiger partial charge is 0.433 e. The molecule has 0 radical (unpaired) electrons. The Bertz CT molecular complexity index is 971. The average Bonchev–Trinajstić information content (AvgIpc) is 3.23. The number of carbonyl (C=O) groups is 1. The highest BCUT2D eigenvalue weighted by Crippen LogP contribution is 2.16. The molecule has 0 spiro atoms. The van der Waals surface area contributed by atoms with E-state index in [0.717, 1.165) is 5.56 Å². The molecule has 0 aliphatic carbocycles.